The van der Waals surface area contributed by atoms with Crippen molar-refractivity contribution in [1.82, 2.24) is 20.9 Å². The van der Waals surface area contributed by atoms with E-state index >= 15 is 0 Å². The van der Waals surface area contributed by atoms with Gasteiger partial charge in [-0.15, -0.1) is 23.5 Å². The predicted octanol–water partition coefficient (Wildman–Crippen LogP) is 1.28. The second-order valence-corrected chi connectivity index (χ2v) is 12.3. The summed E-state index contributed by atoms with van der Waals surface area (Å²) in [5, 5.41) is 7.62. The average Bonchev–Trinajstić information content (AvgIpc) is 3.20. The number of nitrogens with one attached hydrogen (secondary N) is 3. The van der Waals surface area contributed by atoms with E-state index in [-0.39, 0.29) is 16.0 Å². The van der Waals surface area contributed by atoms with Gasteiger partial charge >= 0.3 is 0 Å². The Morgan fingerprint density at radius 2 is 1.83 bits per heavy atom. The van der Waals surface area contributed by atoms with Crippen molar-refractivity contribution in [2.24, 2.45) is 0 Å². The van der Waals surface area contributed by atoms with Gasteiger partial charge in [-0.1, -0.05) is 43.7 Å². The number of aldehydes is 1. The molecule has 3 atom stereocenters. The zero-order valence-corrected chi connectivity index (χ0v) is 22.3. The van der Waals surface area contributed by atoms with Gasteiger partial charge in [0.15, 0.2) is 0 Å². The van der Waals surface area contributed by atoms with Gasteiger partial charge in [0.1, 0.15) is 12.3 Å². The molecular formula is C25H34N4O5S2. The van der Waals surface area contributed by atoms with E-state index in [1.165, 1.54) is 6.42 Å². The molecule has 0 bridgehead atoms. The lowest BCUT2D eigenvalue weighted by Crippen LogP contribution is -2.52. The SMILES string of the molecule is CCCC(NC(=O)[C@@H]1CC2(CN1C)SCCCS2)C(=O)C(=O)NCC(=O)N[C@H](C=O)c1ccccc1. The molecule has 1 aromatic rings. The maximum absolute atomic E-state index is 13.1. The number of amides is 3. The number of benzene rings is 1. The van der Waals surface area contributed by atoms with Crippen LogP contribution in [0.2, 0.25) is 0 Å². The summed E-state index contributed by atoms with van der Waals surface area (Å²) in [6.07, 6.45) is 3.38. The van der Waals surface area contributed by atoms with Crippen LogP contribution in [0.1, 0.15) is 44.2 Å². The zero-order valence-electron chi connectivity index (χ0n) is 20.7. The summed E-state index contributed by atoms with van der Waals surface area (Å²) in [6, 6.07) is 6.51. The van der Waals surface area contributed by atoms with Crippen molar-refractivity contribution in [2.45, 2.75) is 54.8 Å². The molecule has 11 heteroatoms. The summed E-state index contributed by atoms with van der Waals surface area (Å²) in [4.78, 5) is 64.1. The van der Waals surface area contributed by atoms with Crippen LogP contribution in [0, 0.1) is 0 Å². The van der Waals surface area contributed by atoms with Crippen LogP contribution >= 0.6 is 23.5 Å². The lowest BCUT2D eigenvalue weighted by Gasteiger charge is -2.31. The number of likely N-dealkylation sites (tertiary alicyclic amines) is 1. The molecule has 0 aliphatic carbocycles. The molecule has 3 rings (SSSR count). The summed E-state index contributed by atoms with van der Waals surface area (Å²) in [6.45, 7) is 2.21. The van der Waals surface area contributed by atoms with Crippen molar-refractivity contribution in [3.63, 3.8) is 0 Å². The number of rotatable bonds is 11. The zero-order chi connectivity index (χ0) is 26.1. The van der Waals surface area contributed by atoms with Crippen LogP contribution < -0.4 is 16.0 Å². The minimum atomic E-state index is -0.964. The lowest BCUT2D eigenvalue weighted by atomic mass is 10.1. The maximum atomic E-state index is 13.1. The third-order valence-corrected chi connectivity index (χ3v) is 9.64. The second kappa shape index (κ2) is 13.3. The first-order valence-corrected chi connectivity index (χ1v) is 14.2. The molecule has 0 radical (unpaired) electrons. The van der Waals surface area contributed by atoms with Crippen molar-refractivity contribution in [1.29, 1.82) is 0 Å². The summed E-state index contributed by atoms with van der Waals surface area (Å²) in [5.41, 5.74) is 0.609. The van der Waals surface area contributed by atoms with Gasteiger partial charge in [-0.25, -0.2) is 0 Å². The van der Waals surface area contributed by atoms with Gasteiger partial charge in [-0.2, -0.15) is 0 Å². The molecule has 36 heavy (non-hydrogen) atoms. The highest BCUT2D eigenvalue weighted by Crippen LogP contribution is 2.49. The van der Waals surface area contributed by atoms with E-state index in [9.17, 15) is 24.0 Å². The van der Waals surface area contributed by atoms with Gasteiger partial charge in [0.2, 0.25) is 17.6 Å². The van der Waals surface area contributed by atoms with Gasteiger partial charge in [0.05, 0.1) is 22.7 Å². The van der Waals surface area contributed by atoms with E-state index in [2.05, 4.69) is 16.0 Å². The summed E-state index contributed by atoms with van der Waals surface area (Å²) >= 11 is 3.80. The molecule has 2 aliphatic rings. The molecule has 0 aromatic heterocycles. The van der Waals surface area contributed by atoms with E-state index in [0.717, 1.165) is 18.1 Å². The quantitative estimate of drug-likeness (QED) is 0.287. The van der Waals surface area contributed by atoms with E-state index in [4.69, 9.17) is 0 Å². The Morgan fingerprint density at radius 3 is 2.47 bits per heavy atom. The highest BCUT2D eigenvalue weighted by Gasteiger charge is 2.47. The number of carbonyl (C=O) groups is 5. The van der Waals surface area contributed by atoms with Gasteiger partial charge < -0.3 is 20.7 Å². The van der Waals surface area contributed by atoms with Gasteiger partial charge in [-0.3, -0.25) is 24.1 Å². The van der Waals surface area contributed by atoms with E-state index in [1.807, 2.05) is 42.4 Å². The Balaban J connectivity index is 1.52. The number of hydrogen-bond donors (Lipinski definition) is 3. The fourth-order valence-electron chi connectivity index (χ4n) is 4.44. The molecule has 196 valence electrons. The van der Waals surface area contributed by atoms with Crippen LogP contribution in [-0.2, 0) is 24.0 Å². The molecular weight excluding hydrogens is 500 g/mol. The molecule has 1 aromatic carbocycles. The molecule has 2 aliphatic heterocycles. The average molecular weight is 535 g/mol. The molecule has 2 heterocycles. The van der Waals surface area contributed by atoms with Crippen LogP contribution in [0.3, 0.4) is 0 Å². The van der Waals surface area contributed by atoms with E-state index in [1.54, 1.807) is 30.3 Å². The molecule has 3 amide bonds. The minimum absolute atomic E-state index is 0.00311. The smallest absolute Gasteiger partial charge is 0.290 e. The summed E-state index contributed by atoms with van der Waals surface area (Å²) in [7, 11) is 1.92. The van der Waals surface area contributed by atoms with E-state index in [0.29, 0.717) is 31.1 Å². The number of hydrogen-bond acceptors (Lipinski definition) is 8. The first-order valence-electron chi connectivity index (χ1n) is 12.2. The Hall–Kier alpha value is -2.37. The van der Waals surface area contributed by atoms with Crippen LogP contribution in [0.25, 0.3) is 0 Å². The Morgan fingerprint density at radius 1 is 1.14 bits per heavy atom. The van der Waals surface area contributed by atoms with Gasteiger partial charge in [-0.05, 0) is 43.4 Å². The monoisotopic (exact) mass is 534 g/mol. The minimum Gasteiger partial charge on any atom is -0.344 e. The molecule has 3 N–H and O–H groups in total. The number of ketones is 1. The number of Topliss-reactive ketones (excluding diaryl/α,β-unsaturated/α-hetero) is 1. The highest BCUT2D eigenvalue weighted by molar-refractivity contribution is 8.18. The van der Waals surface area contributed by atoms with Crippen molar-refractivity contribution in [2.75, 3.05) is 31.6 Å². The van der Waals surface area contributed by atoms with Gasteiger partial charge in [0, 0.05) is 6.54 Å². The Bertz CT molecular complexity index is 955. The van der Waals surface area contributed by atoms with Crippen LogP contribution in [0.5, 0.6) is 0 Å². The van der Waals surface area contributed by atoms with Crippen LogP contribution in [-0.4, -0.2) is 82.5 Å². The topological polar surface area (TPSA) is 125 Å². The summed E-state index contributed by atoms with van der Waals surface area (Å²) in [5.74, 6) is -0.424. The van der Waals surface area contributed by atoms with Crippen molar-refractivity contribution in [3.8, 4) is 0 Å². The lowest BCUT2D eigenvalue weighted by molar-refractivity contribution is -0.141. The van der Waals surface area contributed by atoms with E-state index < -0.39 is 36.2 Å². The number of likely N-dealkylation sites (N-methyl/N-ethyl adjacent to an activating group) is 1. The van der Waals surface area contributed by atoms with Crippen molar-refractivity contribution in [3.05, 3.63) is 35.9 Å². The van der Waals surface area contributed by atoms with Crippen LogP contribution in [0.15, 0.2) is 30.3 Å². The summed E-state index contributed by atoms with van der Waals surface area (Å²) < 4.78 is 0.00311. The second-order valence-electron chi connectivity index (χ2n) is 9.08. The van der Waals surface area contributed by atoms with Crippen molar-refractivity contribution < 1.29 is 24.0 Å². The molecule has 0 saturated carbocycles. The number of nitrogens with zero attached hydrogens (tertiary/aromatic N) is 1. The molecule has 2 fully saturated rings. The first-order chi connectivity index (χ1) is 17.3. The standard InChI is InChI=1S/C25H34N4O5S2/c1-3-8-18(28-23(33)20-13-25(16-29(20)2)35-11-7-12-36-25)22(32)24(34)26-14-21(31)27-19(15-30)17-9-5-4-6-10-17/h4-6,9-10,15,18-20H,3,7-8,11-14,16H2,1-2H3,(H,26,34)(H,27,31)(H,28,33)/t18?,19-,20+/m1/s1. The fourth-order valence-corrected chi connectivity index (χ4v) is 7.91. The van der Waals surface area contributed by atoms with Crippen molar-refractivity contribution >= 4 is 53.3 Å². The Kier molecular flexibility index (Phi) is 10.4. The molecule has 1 unspecified atom stereocenters. The number of carbonyl (C=O) groups excluding carboxylic acids is 5. The third kappa shape index (κ3) is 7.33. The van der Waals surface area contributed by atoms with Gasteiger partial charge in [0.25, 0.3) is 5.91 Å². The highest BCUT2D eigenvalue weighted by atomic mass is 32.2. The largest absolute Gasteiger partial charge is 0.344 e. The Labute approximate surface area is 220 Å². The normalized spacial score (nSPS) is 20.8. The first kappa shape index (κ1) is 28.2. The maximum Gasteiger partial charge on any atom is 0.290 e. The molecule has 1 spiro atoms. The fraction of sp³-hybridized carbons (Fsp3) is 0.560. The third-order valence-electron chi connectivity index (χ3n) is 6.30. The predicted molar refractivity (Wildman–Crippen MR) is 142 cm³/mol. The molecule has 9 nitrogen and oxygen atoms in total. The number of thioether (sulfide) groups is 2. The van der Waals surface area contributed by atoms with Crippen LogP contribution in [0.4, 0.5) is 0 Å². The molecule has 2 saturated heterocycles.